The quantitative estimate of drug-likeness (QED) is 0.106. The van der Waals surface area contributed by atoms with Gasteiger partial charge in [0.1, 0.15) is 0 Å². The van der Waals surface area contributed by atoms with Crippen LogP contribution in [-0.4, -0.2) is 10.6 Å². The van der Waals surface area contributed by atoms with Gasteiger partial charge in [-0.05, 0) is 52.6 Å². The van der Waals surface area contributed by atoms with Gasteiger partial charge >= 0.3 is 0 Å². The van der Waals surface area contributed by atoms with Crippen molar-refractivity contribution in [1.82, 2.24) is 0 Å². The van der Waals surface area contributed by atoms with E-state index in [4.69, 9.17) is 10.1 Å². The fraction of sp³-hybridized carbons (Fsp3) is 0.0714. The minimum atomic E-state index is 0.396. The van der Waals surface area contributed by atoms with Crippen LogP contribution in [0, 0.1) is 0 Å². The molecule has 1 N–H and O–H groups in total. The molecule has 4 nitrogen and oxygen atoms in total. The number of hydrogen-bond acceptors (Lipinski definition) is 4. The second kappa shape index (κ2) is 16.7. The Balaban J connectivity index is 0.000000383. The molecule has 4 aromatic carbocycles. The Morgan fingerprint density at radius 3 is 1.62 bits per heavy atom. The predicted octanol–water partition coefficient (Wildman–Crippen LogP) is 8.84. The summed E-state index contributed by atoms with van der Waals surface area (Å²) in [6.07, 6.45) is 2.09. The van der Waals surface area contributed by atoms with Gasteiger partial charge < -0.3 is 9.78 Å². The molecule has 0 bridgehead atoms. The van der Waals surface area contributed by atoms with E-state index < -0.39 is 0 Å². The highest BCUT2D eigenvalue weighted by Crippen LogP contribution is 2.28. The number of rotatable bonds is 6. The van der Waals surface area contributed by atoms with Gasteiger partial charge in [-0.3, -0.25) is 0 Å². The molecule has 0 unspecified atom stereocenters. The van der Waals surface area contributed by atoms with Crippen molar-refractivity contribution in [2.24, 2.45) is 0 Å². The summed E-state index contributed by atoms with van der Waals surface area (Å²) in [7, 11) is 0. The predicted molar refractivity (Wildman–Crippen MR) is 146 cm³/mol. The Bertz CT molecular complexity index is 1040. The lowest BCUT2D eigenvalue weighted by atomic mass is 9.95. The van der Waals surface area contributed by atoms with Crippen molar-refractivity contribution in [3.63, 3.8) is 0 Å². The van der Waals surface area contributed by atoms with Crippen LogP contribution in [0.3, 0.4) is 0 Å². The summed E-state index contributed by atoms with van der Waals surface area (Å²) in [4.78, 5) is 9.18. The van der Waals surface area contributed by atoms with Crippen molar-refractivity contribution < 1.29 is 19.0 Å². The molecule has 0 aliphatic rings. The van der Waals surface area contributed by atoms with Crippen LogP contribution in [0.1, 0.15) is 23.6 Å². The van der Waals surface area contributed by atoms with Gasteiger partial charge in [-0.2, -0.15) is 0 Å². The lowest BCUT2D eigenvalue weighted by Crippen LogP contribution is -1.90. The number of halogens is 2. The van der Waals surface area contributed by atoms with Gasteiger partial charge in [0.25, 0.3) is 0 Å². The van der Waals surface area contributed by atoms with Crippen LogP contribution >= 0.6 is 32.2 Å². The first-order valence-corrected chi connectivity index (χ1v) is 12.3. The normalized spacial score (nSPS) is 10.2. The summed E-state index contributed by atoms with van der Waals surface area (Å²) in [5.41, 5.74) is 4.17. The Morgan fingerprint density at radius 2 is 1.15 bits per heavy atom. The Kier molecular flexibility index (Phi) is 13.4. The highest BCUT2D eigenvalue weighted by Gasteiger charge is 2.06. The highest BCUT2D eigenvalue weighted by molar-refractivity contribution is 9.09. The standard InChI is InChI=1S/C20H15BrO4.C6H6.C2H5Br/c21-25-24-19-10-6-15(7-11-19)14-20(16-4-2-1-3-5-16)17-8-12-18(23-22)13-9-17;1-2-4-6-5-3-1;1-2-3/h1-14,22H;1-6H;2H2,1H3/b20-14+;;. The van der Waals surface area contributed by atoms with E-state index in [1.54, 1.807) is 12.1 Å². The van der Waals surface area contributed by atoms with Crippen molar-refractivity contribution >= 4 is 43.8 Å². The fourth-order valence-electron chi connectivity index (χ4n) is 2.85. The molecule has 0 radical (unpaired) electrons. The van der Waals surface area contributed by atoms with Crippen molar-refractivity contribution in [2.75, 3.05) is 5.33 Å². The van der Waals surface area contributed by atoms with Crippen molar-refractivity contribution in [1.29, 1.82) is 0 Å². The van der Waals surface area contributed by atoms with Crippen molar-refractivity contribution in [2.45, 2.75) is 6.92 Å². The molecule has 176 valence electrons. The van der Waals surface area contributed by atoms with Gasteiger partial charge in [0.05, 0.1) is 0 Å². The smallest absolute Gasteiger partial charge is 0.166 e. The summed E-state index contributed by atoms with van der Waals surface area (Å²) < 4.78 is 4.47. The molecule has 0 spiro atoms. The topological polar surface area (TPSA) is 47.9 Å². The molecule has 0 aromatic heterocycles. The van der Waals surface area contributed by atoms with Crippen LogP contribution in [0.4, 0.5) is 0 Å². The van der Waals surface area contributed by atoms with E-state index in [2.05, 4.69) is 59.3 Å². The molecule has 0 saturated heterocycles. The first kappa shape index (κ1) is 27.3. The average molecular weight is 586 g/mol. The van der Waals surface area contributed by atoms with Gasteiger partial charge in [0.2, 0.25) is 0 Å². The maximum atomic E-state index is 8.75. The Hall–Kier alpha value is -2.90. The van der Waals surface area contributed by atoms with Gasteiger partial charge in [-0.25, -0.2) is 5.26 Å². The van der Waals surface area contributed by atoms with E-state index in [-0.39, 0.29) is 0 Å². The van der Waals surface area contributed by atoms with E-state index in [0.29, 0.717) is 11.5 Å². The summed E-state index contributed by atoms with van der Waals surface area (Å²) >= 11 is 5.90. The van der Waals surface area contributed by atoms with E-state index in [9.17, 15) is 0 Å². The fourth-order valence-corrected chi connectivity index (χ4v) is 3.01. The summed E-state index contributed by atoms with van der Waals surface area (Å²) in [6, 6.07) is 36.8. The maximum absolute atomic E-state index is 8.75. The van der Waals surface area contributed by atoms with Crippen LogP contribution in [0.25, 0.3) is 11.6 Å². The first-order chi connectivity index (χ1) is 16.7. The van der Waals surface area contributed by atoms with E-state index in [1.165, 1.54) is 0 Å². The first-order valence-electron chi connectivity index (χ1n) is 10.5. The molecule has 0 saturated carbocycles. The number of benzene rings is 4. The zero-order valence-corrected chi connectivity index (χ0v) is 21.9. The van der Waals surface area contributed by atoms with Crippen LogP contribution in [0.5, 0.6) is 11.5 Å². The van der Waals surface area contributed by atoms with Gasteiger partial charge in [0.15, 0.2) is 27.8 Å². The maximum Gasteiger partial charge on any atom is 0.166 e. The van der Waals surface area contributed by atoms with Crippen molar-refractivity contribution in [3.05, 3.63) is 132 Å². The van der Waals surface area contributed by atoms with Gasteiger partial charge in [-0.15, -0.1) is 3.98 Å². The molecular formula is C28H26Br2O4. The molecule has 4 rings (SSSR count). The summed E-state index contributed by atoms with van der Waals surface area (Å²) in [5, 5.41) is 9.81. The third kappa shape index (κ3) is 9.93. The second-order valence-corrected chi connectivity index (χ2v) is 8.06. The van der Waals surface area contributed by atoms with E-state index >= 15 is 0 Å². The largest absolute Gasteiger partial charge is 0.340 e. The van der Waals surface area contributed by atoms with Gasteiger partial charge in [0, 0.05) is 5.33 Å². The molecule has 34 heavy (non-hydrogen) atoms. The minimum absolute atomic E-state index is 0.396. The van der Waals surface area contributed by atoms with Crippen LogP contribution in [0.15, 0.2) is 115 Å². The van der Waals surface area contributed by atoms with Crippen LogP contribution in [-0.2, 0) is 3.98 Å². The second-order valence-electron chi connectivity index (χ2n) is 6.68. The molecule has 4 aromatic rings. The average Bonchev–Trinajstić information content (AvgIpc) is 2.91. The molecule has 0 heterocycles. The van der Waals surface area contributed by atoms with E-state index in [1.807, 2.05) is 97.9 Å². The Morgan fingerprint density at radius 1 is 0.706 bits per heavy atom. The molecule has 6 heteroatoms. The lowest BCUT2D eigenvalue weighted by Gasteiger charge is -2.10. The summed E-state index contributed by atoms with van der Waals surface area (Å²) in [6.45, 7) is 2.04. The number of alkyl halides is 1. The van der Waals surface area contributed by atoms with Crippen LogP contribution < -0.4 is 9.78 Å². The lowest BCUT2D eigenvalue weighted by molar-refractivity contribution is -0.137. The molecular weight excluding hydrogens is 560 g/mol. The molecule has 0 aliphatic heterocycles. The Labute approximate surface area is 217 Å². The monoisotopic (exact) mass is 584 g/mol. The van der Waals surface area contributed by atoms with Gasteiger partial charge in [-0.1, -0.05) is 114 Å². The molecule has 0 amide bonds. The zero-order valence-electron chi connectivity index (χ0n) is 18.7. The molecule has 0 aliphatic carbocycles. The highest BCUT2D eigenvalue weighted by atomic mass is 79.9. The number of hydrogen-bond donors (Lipinski definition) is 1. The third-order valence-corrected chi connectivity index (χ3v) is 4.47. The SMILES string of the molecule is CCBr.OOc1ccc(/C(=C/c2ccc(OOBr)cc2)c2ccccc2)cc1.c1ccccc1. The zero-order chi connectivity index (χ0) is 24.4. The molecule has 0 fully saturated rings. The minimum Gasteiger partial charge on any atom is -0.340 e. The van der Waals surface area contributed by atoms with Crippen molar-refractivity contribution in [3.8, 4) is 11.5 Å². The third-order valence-electron chi connectivity index (χ3n) is 4.34. The summed E-state index contributed by atoms with van der Waals surface area (Å²) in [5.74, 6) is 0.993. The van der Waals surface area contributed by atoms with Crippen LogP contribution in [0.2, 0.25) is 0 Å². The molecule has 0 atom stereocenters. The van der Waals surface area contributed by atoms with E-state index in [0.717, 1.165) is 27.6 Å².